The molecule has 0 radical (unpaired) electrons. The molecule has 2 saturated heterocycles. The van der Waals surface area contributed by atoms with Crippen LogP contribution in [0, 0.1) is 17.2 Å². The number of carbonyl (C=O) groups excluding carboxylic acids is 1. The first-order valence-electron chi connectivity index (χ1n) is 6.45. The van der Waals surface area contributed by atoms with Gasteiger partial charge in [-0.25, -0.2) is 0 Å². The fraction of sp³-hybridized carbons (Fsp3) is 0.500. The Morgan fingerprint density at radius 3 is 2.95 bits per heavy atom. The molecule has 2 aliphatic heterocycles. The van der Waals surface area contributed by atoms with Crippen molar-refractivity contribution in [2.75, 3.05) is 0 Å². The van der Waals surface area contributed by atoms with E-state index < -0.39 is 18.1 Å². The summed E-state index contributed by atoms with van der Waals surface area (Å²) in [7, 11) is 0. The van der Waals surface area contributed by atoms with E-state index >= 15 is 0 Å². The van der Waals surface area contributed by atoms with Crippen LogP contribution < -0.4 is 0 Å². The number of hydrogen-bond donors (Lipinski definition) is 1. The van der Waals surface area contributed by atoms with Gasteiger partial charge in [-0.1, -0.05) is 6.07 Å². The molecule has 20 heavy (non-hydrogen) atoms. The minimum atomic E-state index is -0.863. The Bertz CT molecular complexity index is 584. The Hall–Kier alpha value is -1.58. The van der Waals surface area contributed by atoms with E-state index in [-0.39, 0.29) is 16.0 Å². The Morgan fingerprint density at radius 2 is 2.35 bits per heavy atom. The molecule has 5 nitrogen and oxygen atoms in total. The van der Waals surface area contributed by atoms with Crippen molar-refractivity contribution in [3.05, 3.63) is 30.1 Å². The minimum absolute atomic E-state index is 0.127. The molecule has 1 aromatic rings. The molecular formula is C14H15N3O2S. The normalized spacial score (nSPS) is 32.2. The summed E-state index contributed by atoms with van der Waals surface area (Å²) in [5.41, 5.74) is 0.643. The number of aliphatic hydroxyl groups excluding tert-OH is 1. The summed E-state index contributed by atoms with van der Waals surface area (Å²) in [5.74, 6) is -0.627. The molecule has 6 heteroatoms. The maximum absolute atomic E-state index is 12.3. The van der Waals surface area contributed by atoms with E-state index in [0.29, 0.717) is 5.56 Å². The summed E-state index contributed by atoms with van der Waals surface area (Å²) < 4.78 is -0.307. The Labute approximate surface area is 121 Å². The van der Waals surface area contributed by atoms with Crippen molar-refractivity contribution in [3.8, 4) is 6.07 Å². The molecule has 4 atom stereocenters. The molecule has 1 aromatic heterocycles. The highest BCUT2D eigenvalue weighted by Crippen LogP contribution is 2.55. The SMILES string of the molecule is CC1(C)S[C@@H]2[C@H](C(O)c3cccnc3)C(=O)N2[C@H]1C#N. The molecule has 3 rings (SSSR count). The molecule has 0 aliphatic carbocycles. The van der Waals surface area contributed by atoms with Gasteiger partial charge in [0.1, 0.15) is 6.04 Å². The van der Waals surface area contributed by atoms with Gasteiger partial charge < -0.3 is 10.0 Å². The highest BCUT2D eigenvalue weighted by molar-refractivity contribution is 8.01. The van der Waals surface area contributed by atoms with Crippen LogP contribution in [0.4, 0.5) is 0 Å². The highest BCUT2D eigenvalue weighted by Gasteiger charge is 2.63. The predicted octanol–water partition coefficient (Wildman–Crippen LogP) is 1.32. The zero-order chi connectivity index (χ0) is 14.5. The summed E-state index contributed by atoms with van der Waals surface area (Å²) in [5, 5.41) is 19.5. The largest absolute Gasteiger partial charge is 0.387 e. The van der Waals surface area contributed by atoms with Crippen LogP contribution in [-0.2, 0) is 4.79 Å². The number of nitriles is 1. The Kier molecular flexibility index (Phi) is 3.00. The van der Waals surface area contributed by atoms with E-state index in [0.717, 1.165) is 0 Å². The van der Waals surface area contributed by atoms with Gasteiger partial charge in [0.05, 0.1) is 23.5 Å². The summed E-state index contributed by atoms with van der Waals surface area (Å²) in [6.45, 7) is 3.93. The molecule has 0 bridgehead atoms. The monoisotopic (exact) mass is 289 g/mol. The molecule has 2 aliphatic rings. The van der Waals surface area contributed by atoms with Crippen LogP contribution in [0.1, 0.15) is 25.5 Å². The van der Waals surface area contributed by atoms with E-state index in [1.165, 1.54) is 0 Å². The van der Waals surface area contributed by atoms with E-state index in [2.05, 4.69) is 11.1 Å². The van der Waals surface area contributed by atoms with E-state index in [1.54, 1.807) is 41.2 Å². The molecule has 0 aromatic carbocycles. The number of hydrogen-bond acceptors (Lipinski definition) is 5. The quantitative estimate of drug-likeness (QED) is 0.831. The number of rotatable bonds is 2. The summed E-state index contributed by atoms with van der Waals surface area (Å²) >= 11 is 1.59. The van der Waals surface area contributed by atoms with Crippen molar-refractivity contribution >= 4 is 17.7 Å². The van der Waals surface area contributed by atoms with Gasteiger partial charge in [0.25, 0.3) is 0 Å². The molecule has 1 N–H and O–H groups in total. The second kappa shape index (κ2) is 4.47. The smallest absolute Gasteiger partial charge is 0.233 e. The third kappa shape index (κ3) is 1.74. The molecule has 104 valence electrons. The van der Waals surface area contributed by atoms with Gasteiger partial charge in [0.2, 0.25) is 5.91 Å². The summed E-state index contributed by atoms with van der Waals surface area (Å²) in [4.78, 5) is 17.9. The van der Waals surface area contributed by atoms with Crippen LogP contribution in [0.3, 0.4) is 0 Å². The Balaban J connectivity index is 1.86. The number of aromatic nitrogens is 1. The number of fused-ring (bicyclic) bond motifs is 1. The van der Waals surface area contributed by atoms with Crippen molar-refractivity contribution in [3.63, 3.8) is 0 Å². The first-order chi connectivity index (χ1) is 9.47. The lowest BCUT2D eigenvalue weighted by Gasteiger charge is -2.45. The van der Waals surface area contributed by atoms with Gasteiger partial charge in [0.15, 0.2) is 0 Å². The van der Waals surface area contributed by atoms with Crippen molar-refractivity contribution in [1.82, 2.24) is 9.88 Å². The second-order valence-electron chi connectivity index (χ2n) is 5.65. The van der Waals surface area contributed by atoms with Crippen molar-refractivity contribution < 1.29 is 9.90 Å². The van der Waals surface area contributed by atoms with Crippen molar-refractivity contribution in [1.29, 1.82) is 5.26 Å². The standard InChI is InChI=1S/C14H15N3O2S/c1-14(2)9(6-15)17-12(19)10(13(17)20-14)11(18)8-4-3-5-16-7-8/h3-5,7,9-11,13,18H,1-2H3/t9-,10+,11?,13+/m0/s1. The number of amides is 1. The van der Waals surface area contributed by atoms with Gasteiger partial charge in [-0.3, -0.25) is 9.78 Å². The maximum atomic E-state index is 12.3. The third-order valence-electron chi connectivity index (χ3n) is 3.97. The molecule has 2 fully saturated rings. The first-order valence-corrected chi connectivity index (χ1v) is 7.33. The van der Waals surface area contributed by atoms with E-state index in [1.807, 2.05) is 13.8 Å². The lowest BCUT2D eigenvalue weighted by molar-refractivity contribution is -0.159. The van der Waals surface area contributed by atoms with Crippen LogP contribution in [0.15, 0.2) is 24.5 Å². The zero-order valence-electron chi connectivity index (χ0n) is 11.2. The van der Waals surface area contributed by atoms with Gasteiger partial charge in [-0.15, -0.1) is 11.8 Å². The van der Waals surface area contributed by atoms with Crippen LogP contribution in [0.2, 0.25) is 0 Å². The molecule has 1 unspecified atom stereocenters. The van der Waals surface area contributed by atoms with Crippen molar-refractivity contribution in [2.45, 2.75) is 36.1 Å². The number of aliphatic hydroxyl groups is 1. The molecule has 1 amide bonds. The third-order valence-corrected chi connectivity index (χ3v) is 5.56. The highest BCUT2D eigenvalue weighted by atomic mass is 32.2. The summed E-state index contributed by atoms with van der Waals surface area (Å²) in [6, 6.07) is 5.28. The first kappa shape index (κ1) is 13.4. The van der Waals surface area contributed by atoms with Crippen LogP contribution in [0.5, 0.6) is 0 Å². The summed E-state index contributed by atoms with van der Waals surface area (Å²) in [6.07, 6.45) is 2.34. The minimum Gasteiger partial charge on any atom is -0.387 e. The van der Waals surface area contributed by atoms with Crippen molar-refractivity contribution in [2.24, 2.45) is 5.92 Å². The zero-order valence-corrected chi connectivity index (χ0v) is 12.0. The average molecular weight is 289 g/mol. The molecule has 0 spiro atoms. The molecule has 3 heterocycles. The van der Waals surface area contributed by atoms with Crippen LogP contribution >= 0.6 is 11.8 Å². The number of carbonyl (C=O) groups is 1. The van der Waals surface area contributed by atoms with Crippen LogP contribution in [-0.4, -0.2) is 37.1 Å². The topological polar surface area (TPSA) is 77.2 Å². The number of nitrogens with zero attached hydrogens (tertiary/aromatic N) is 3. The van der Waals surface area contributed by atoms with Gasteiger partial charge in [0, 0.05) is 17.1 Å². The Morgan fingerprint density at radius 1 is 1.60 bits per heavy atom. The fourth-order valence-electron chi connectivity index (χ4n) is 2.89. The number of thioether (sulfide) groups is 1. The second-order valence-corrected chi connectivity index (χ2v) is 7.42. The number of β-lactam (4-membered cyclic amide) rings is 1. The maximum Gasteiger partial charge on any atom is 0.233 e. The molecular weight excluding hydrogens is 274 g/mol. The predicted molar refractivity (Wildman–Crippen MR) is 74.4 cm³/mol. The van der Waals surface area contributed by atoms with Gasteiger partial charge in [-0.2, -0.15) is 5.26 Å². The van der Waals surface area contributed by atoms with E-state index in [9.17, 15) is 15.2 Å². The van der Waals surface area contributed by atoms with E-state index in [4.69, 9.17) is 0 Å². The fourth-order valence-corrected chi connectivity index (χ4v) is 4.56. The van der Waals surface area contributed by atoms with Gasteiger partial charge >= 0.3 is 0 Å². The number of pyridine rings is 1. The molecule has 0 saturated carbocycles. The lowest BCUT2D eigenvalue weighted by Crippen LogP contribution is -2.61. The lowest BCUT2D eigenvalue weighted by atomic mass is 9.86. The van der Waals surface area contributed by atoms with Crippen LogP contribution in [0.25, 0.3) is 0 Å². The average Bonchev–Trinajstić information content (AvgIpc) is 2.67. The van der Waals surface area contributed by atoms with Gasteiger partial charge in [-0.05, 0) is 25.5 Å².